The molecular weight excluding hydrogens is 286 g/mol. The molecule has 1 heterocycles. The van der Waals surface area contributed by atoms with Crippen LogP contribution in [-0.4, -0.2) is 16.4 Å². The van der Waals surface area contributed by atoms with Crippen molar-refractivity contribution in [2.45, 2.75) is 46.6 Å². The van der Waals surface area contributed by atoms with E-state index < -0.39 is 0 Å². The number of benzene rings is 1. The Morgan fingerprint density at radius 2 is 1.96 bits per heavy atom. The molecule has 0 fully saturated rings. The van der Waals surface area contributed by atoms with Gasteiger partial charge in [-0.3, -0.25) is 9.78 Å². The number of nitrogens with zero attached hydrogens (tertiary/aromatic N) is 1. The van der Waals surface area contributed by atoms with Gasteiger partial charge in [-0.25, -0.2) is 0 Å². The Morgan fingerprint density at radius 3 is 2.61 bits per heavy atom. The summed E-state index contributed by atoms with van der Waals surface area (Å²) in [7, 11) is 0. The lowest BCUT2D eigenvalue weighted by Gasteiger charge is -2.22. The molecule has 1 aromatic carbocycles. The number of rotatable bonds is 4. The van der Waals surface area contributed by atoms with Gasteiger partial charge in [0.2, 0.25) is 0 Å². The van der Waals surface area contributed by atoms with E-state index in [1.165, 1.54) is 0 Å². The Balaban J connectivity index is 2.24. The minimum absolute atomic E-state index is 0.0690. The van der Waals surface area contributed by atoms with Gasteiger partial charge in [-0.15, -0.1) is 0 Å². The highest BCUT2D eigenvalue weighted by Gasteiger charge is 2.14. The number of carbonyl (C=O) groups is 1. The van der Waals surface area contributed by atoms with Gasteiger partial charge in [0.1, 0.15) is 5.69 Å². The van der Waals surface area contributed by atoms with Gasteiger partial charge < -0.3 is 10.6 Å². The fourth-order valence-electron chi connectivity index (χ4n) is 2.45. The predicted molar refractivity (Wildman–Crippen MR) is 96.1 cm³/mol. The Kier molecular flexibility index (Phi) is 5.04. The number of anilines is 2. The van der Waals surface area contributed by atoms with Gasteiger partial charge in [0.25, 0.3) is 5.91 Å². The van der Waals surface area contributed by atoms with Crippen molar-refractivity contribution in [2.75, 3.05) is 10.6 Å². The summed E-state index contributed by atoms with van der Waals surface area (Å²) in [5, 5.41) is 6.36. The average Bonchev–Trinajstić information content (AvgIpc) is 2.47. The van der Waals surface area contributed by atoms with E-state index in [1.54, 1.807) is 12.3 Å². The van der Waals surface area contributed by atoms with Crippen LogP contribution in [0, 0.1) is 6.92 Å². The molecule has 23 heavy (non-hydrogen) atoms. The summed E-state index contributed by atoms with van der Waals surface area (Å²) >= 11 is 0. The van der Waals surface area contributed by atoms with E-state index in [1.807, 2.05) is 31.2 Å². The van der Waals surface area contributed by atoms with Crippen LogP contribution in [-0.2, 0) is 6.42 Å². The lowest BCUT2D eigenvalue weighted by molar-refractivity contribution is 0.102. The summed E-state index contributed by atoms with van der Waals surface area (Å²) < 4.78 is 0. The minimum Gasteiger partial charge on any atom is -0.380 e. The summed E-state index contributed by atoms with van der Waals surface area (Å²) in [6.07, 6.45) is 2.53. The summed E-state index contributed by atoms with van der Waals surface area (Å²) in [6.45, 7) is 10.3. The van der Waals surface area contributed by atoms with E-state index in [0.29, 0.717) is 5.69 Å². The first-order valence-electron chi connectivity index (χ1n) is 7.94. The van der Waals surface area contributed by atoms with E-state index in [4.69, 9.17) is 0 Å². The van der Waals surface area contributed by atoms with Crippen LogP contribution in [0.5, 0.6) is 0 Å². The molecule has 2 rings (SSSR count). The van der Waals surface area contributed by atoms with Gasteiger partial charge >= 0.3 is 0 Å². The molecule has 0 atom stereocenters. The van der Waals surface area contributed by atoms with Gasteiger partial charge in [0.15, 0.2) is 0 Å². The molecule has 4 heteroatoms. The Morgan fingerprint density at radius 1 is 1.22 bits per heavy atom. The highest BCUT2D eigenvalue weighted by Crippen LogP contribution is 2.22. The van der Waals surface area contributed by atoms with Gasteiger partial charge in [0.05, 0.1) is 0 Å². The van der Waals surface area contributed by atoms with Crippen LogP contribution in [0.15, 0.2) is 36.5 Å². The Bertz CT molecular complexity index is 702. The lowest BCUT2D eigenvalue weighted by Crippen LogP contribution is -2.26. The van der Waals surface area contributed by atoms with E-state index in [0.717, 1.165) is 28.9 Å². The van der Waals surface area contributed by atoms with Crippen LogP contribution in [0.25, 0.3) is 0 Å². The van der Waals surface area contributed by atoms with E-state index >= 15 is 0 Å². The third kappa shape index (κ3) is 4.55. The van der Waals surface area contributed by atoms with Crippen LogP contribution >= 0.6 is 0 Å². The molecule has 0 aliphatic heterocycles. The quantitative estimate of drug-likeness (QED) is 0.879. The lowest BCUT2D eigenvalue weighted by atomic mass is 10.1. The molecule has 0 unspecified atom stereocenters. The van der Waals surface area contributed by atoms with Gasteiger partial charge in [-0.05, 0) is 57.4 Å². The van der Waals surface area contributed by atoms with Crippen molar-refractivity contribution in [3.63, 3.8) is 0 Å². The van der Waals surface area contributed by atoms with Crippen molar-refractivity contribution in [1.29, 1.82) is 0 Å². The van der Waals surface area contributed by atoms with Crippen LogP contribution in [0.4, 0.5) is 11.4 Å². The molecule has 0 radical (unpaired) electrons. The molecule has 1 amide bonds. The van der Waals surface area contributed by atoms with Crippen molar-refractivity contribution in [1.82, 2.24) is 4.98 Å². The molecule has 122 valence electrons. The number of aromatic nitrogens is 1. The molecule has 0 aliphatic carbocycles. The highest BCUT2D eigenvalue weighted by atomic mass is 16.1. The maximum absolute atomic E-state index is 12.6. The zero-order valence-corrected chi connectivity index (χ0v) is 14.5. The zero-order chi connectivity index (χ0) is 17.0. The van der Waals surface area contributed by atoms with E-state index in [-0.39, 0.29) is 11.4 Å². The molecule has 0 spiro atoms. The van der Waals surface area contributed by atoms with Gasteiger partial charge in [-0.1, -0.05) is 25.1 Å². The summed E-state index contributed by atoms with van der Waals surface area (Å²) in [6, 6.07) is 9.70. The third-order valence-electron chi connectivity index (χ3n) is 3.49. The number of amides is 1. The number of carbonyl (C=O) groups excluding carboxylic acids is 1. The van der Waals surface area contributed by atoms with Crippen LogP contribution in [0.2, 0.25) is 0 Å². The summed E-state index contributed by atoms with van der Waals surface area (Å²) in [4.78, 5) is 16.7. The summed E-state index contributed by atoms with van der Waals surface area (Å²) in [5.41, 5.74) is 4.29. The first-order chi connectivity index (χ1) is 10.8. The second-order valence-electron chi connectivity index (χ2n) is 6.72. The Hall–Kier alpha value is -2.36. The molecule has 0 aliphatic rings. The first kappa shape index (κ1) is 17.0. The topological polar surface area (TPSA) is 54.0 Å². The fraction of sp³-hybridized carbons (Fsp3) is 0.368. The number of nitrogens with one attached hydrogen (secondary N) is 2. The summed E-state index contributed by atoms with van der Waals surface area (Å²) in [5.74, 6) is -0.188. The fourth-order valence-corrected chi connectivity index (χ4v) is 2.45. The van der Waals surface area contributed by atoms with Crippen LogP contribution < -0.4 is 10.6 Å². The SMILES string of the molecule is CCc1cccc(C)c1NC(=O)c1cc(NC(C)(C)C)ccn1. The number of aryl methyl sites for hydroxylation is 2. The van der Waals surface area contributed by atoms with E-state index in [9.17, 15) is 4.79 Å². The number of hydrogen-bond donors (Lipinski definition) is 2. The highest BCUT2D eigenvalue weighted by molar-refractivity contribution is 6.04. The predicted octanol–water partition coefficient (Wildman–Crippen LogP) is 4.42. The normalized spacial score (nSPS) is 11.2. The first-order valence-corrected chi connectivity index (χ1v) is 7.94. The van der Waals surface area contributed by atoms with Crippen LogP contribution in [0.1, 0.15) is 49.3 Å². The molecule has 2 aromatic rings. The van der Waals surface area contributed by atoms with Crippen molar-refractivity contribution in [3.05, 3.63) is 53.3 Å². The maximum Gasteiger partial charge on any atom is 0.274 e. The molecule has 0 saturated heterocycles. The van der Waals surface area contributed by atoms with E-state index in [2.05, 4.69) is 43.3 Å². The number of hydrogen-bond acceptors (Lipinski definition) is 3. The monoisotopic (exact) mass is 311 g/mol. The molecule has 0 bridgehead atoms. The largest absolute Gasteiger partial charge is 0.380 e. The molecule has 0 saturated carbocycles. The molecule has 2 N–H and O–H groups in total. The molecular formula is C19H25N3O. The van der Waals surface area contributed by atoms with Crippen molar-refractivity contribution >= 4 is 17.3 Å². The second kappa shape index (κ2) is 6.82. The molecule has 4 nitrogen and oxygen atoms in total. The maximum atomic E-state index is 12.6. The van der Waals surface area contributed by atoms with Gasteiger partial charge in [-0.2, -0.15) is 0 Å². The third-order valence-corrected chi connectivity index (χ3v) is 3.49. The number of para-hydroxylation sites is 1. The molecule has 1 aromatic heterocycles. The standard InChI is InChI=1S/C19H25N3O/c1-6-14-9-7-8-13(2)17(14)21-18(23)16-12-15(10-11-20-16)22-19(3,4)5/h7-12H,6H2,1-5H3,(H,20,22)(H,21,23). The van der Waals surface area contributed by atoms with Gasteiger partial charge in [0, 0.05) is 23.1 Å². The second-order valence-corrected chi connectivity index (χ2v) is 6.72. The number of pyridine rings is 1. The van der Waals surface area contributed by atoms with Crippen molar-refractivity contribution < 1.29 is 4.79 Å². The Labute approximate surface area is 138 Å². The average molecular weight is 311 g/mol. The van der Waals surface area contributed by atoms with Crippen LogP contribution in [0.3, 0.4) is 0 Å². The smallest absolute Gasteiger partial charge is 0.274 e. The van der Waals surface area contributed by atoms with Crippen molar-refractivity contribution in [3.8, 4) is 0 Å². The minimum atomic E-state index is -0.188. The zero-order valence-electron chi connectivity index (χ0n) is 14.5. The van der Waals surface area contributed by atoms with Crippen molar-refractivity contribution in [2.24, 2.45) is 0 Å².